The maximum absolute atomic E-state index is 13.6. The lowest BCUT2D eigenvalue weighted by atomic mass is 9.79. The van der Waals surface area contributed by atoms with Crippen LogP contribution in [0.3, 0.4) is 0 Å². The summed E-state index contributed by atoms with van der Waals surface area (Å²) < 4.78 is 17.8. The normalized spacial score (nSPS) is 16.2. The van der Waals surface area contributed by atoms with Crippen molar-refractivity contribution < 1.29 is 23.8 Å². The summed E-state index contributed by atoms with van der Waals surface area (Å²) in [5.74, 6) is -0.180. The molecule has 0 amide bonds. The number of ketones is 1. The fourth-order valence-corrected chi connectivity index (χ4v) is 5.73. The molecule has 1 heterocycles. The van der Waals surface area contributed by atoms with E-state index in [0.29, 0.717) is 51.2 Å². The first kappa shape index (κ1) is 25.4. The van der Waals surface area contributed by atoms with Crippen molar-refractivity contribution in [3.63, 3.8) is 0 Å². The third kappa shape index (κ3) is 4.51. The summed E-state index contributed by atoms with van der Waals surface area (Å²) in [6.07, 6.45) is 0. The number of rotatable bonds is 6. The Bertz CT molecular complexity index is 1490. The second-order valence-electron chi connectivity index (χ2n) is 8.70. The first-order valence-corrected chi connectivity index (χ1v) is 13.0. The van der Waals surface area contributed by atoms with Crippen molar-refractivity contribution in [3.8, 4) is 11.5 Å². The Hall–Kier alpha value is -3.30. The number of benzene rings is 3. The van der Waals surface area contributed by atoms with Crippen LogP contribution in [-0.2, 0) is 16.1 Å². The van der Waals surface area contributed by atoms with Gasteiger partial charge < -0.3 is 19.5 Å². The van der Waals surface area contributed by atoms with E-state index in [9.17, 15) is 9.59 Å². The number of halogens is 2. The number of hydrogen-bond donors (Lipinski definition) is 1. The number of allylic oxidation sites excluding steroid dienone is 2. The first-order chi connectivity index (χ1) is 17.8. The quantitative estimate of drug-likeness (QED) is 0.257. The molecule has 3 aromatic rings. The molecule has 37 heavy (non-hydrogen) atoms. The molecule has 0 saturated heterocycles. The number of esters is 1. The Balaban J connectivity index is 1.60. The molecule has 5 rings (SSSR count). The van der Waals surface area contributed by atoms with Gasteiger partial charge in [-0.05, 0) is 64.9 Å². The minimum absolute atomic E-state index is 0.117. The van der Waals surface area contributed by atoms with Crippen LogP contribution in [0.1, 0.15) is 39.9 Å². The molecule has 0 bridgehead atoms. The molecule has 0 fully saturated rings. The Morgan fingerprint density at radius 2 is 1.76 bits per heavy atom. The fourth-order valence-electron chi connectivity index (χ4n) is 4.83. The lowest BCUT2D eigenvalue weighted by Gasteiger charge is -2.29. The van der Waals surface area contributed by atoms with Crippen LogP contribution in [0.5, 0.6) is 11.5 Å². The number of carbonyl (C=O) groups is 2. The first-order valence-electron chi connectivity index (χ1n) is 11.5. The molecule has 0 radical (unpaired) electrons. The smallest absolute Gasteiger partial charge is 0.336 e. The Labute approximate surface area is 233 Å². The standard InChI is InChI=1S/C29H23ClINO5/c1-15-23(29(34)36-3)24(25-26(32-15)19-6-4-5-7-20(19)27(25)33)17-12-21(31)28(22(13-17)35-2)37-14-16-8-10-18(30)11-9-16/h4-13,24,32H,14H2,1-3H3/t24-/m1/s1. The average Bonchev–Trinajstić information content (AvgIpc) is 3.18. The highest BCUT2D eigenvalue weighted by atomic mass is 127. The molecule has 1 N–H and O–H groups in total. The van der Waals surface area contributed by atoms with Crippen molar-refractivity contribution in [3.05, 3.63) is 108 Å². The van der Waals surface area contributed by atoms with Crippen LogP contribution in [0.15, 0.2) is 77.5 Å². The van der Waals surface area contributed by atoms with Gasteiger partial charge in [0.25, 0.3) is 0 Å². The summed E-state index contributed by atoms with van der Waals surface area (Å²) in [5, 5.41) is 3.95. The average molecular weight is 628 g/mol. The number of dihydropyridines is 1. The van der Waals surface area contributed by atoms with Gasteiger partial charge >= 0.3 is 5.97 Å². The number of carbonyl (C=O) groups excluding carboxylic acids is 2. The van der Waals surface area contributed by atoms with E-state index in [1.165, 1.54) is 7.11 Å². The van der Waals surface area contributed by atoms with Crippen LogP contribution >= 0.6 is 34.2 Å². The molecular weight excluding hydrogens is 605 g/mol. The second kappa shape index (κ2) is 10.2. The van der Waals surface area contributed by atoms with Crippen LogP contribution in [0, 0.1) is 3.57 Å². The monoisotopic (exact) mass is 627 g/mol. The van der Waals surface area contributed by atoms with Gasteiger partial charge in [-0.2, -0.15) is 0 Å². The van der Waals surface area contributed by atoms with Gasteiger partial charge in [0.15, 0.2) is 17.3 Å². The number of ether oxygens (including phenoxy) is 3. The molecule has 3 aromatic carbocycles. The highest BCUT2D eigenvalue weighted by Gasteiger charge is 2.43. The molecule has 0 aromatic heterocycles. The van der Waals surface area contributed by atoms with Crippen molar-refractivity contribution in [1.82, 2.24) is 5.32 Å². The van der Waals surface area contributed by atoms with Crippen molar-refractivity contribution in [2.45, 2.75) is 19.4 Å². The fraction of sp³-hybridized carbons (Fsp3) is 0.172. The van der Waals surface area contributed by atoms with Crippen molar-refractivity contribution in [1.29, 1.82) is 0 Å². The molecule has 6 nitrogen and oxygen atoms in total. The molecular formula is C29H23ClINO5. The van der Waals surface area contributed by atoms with E-state index < -0.39 is 11.9 Å². The van der Waals surface area contributed by atoms with E-state index in [2.05, 4.69) is 27.9 Å². The lowest BCUT2D eigenvalue weighted by molar-refractivity contribution is -0.136. The van der Waals surface area contributed by atoms with Crippen LogP contribution in [-0.4, -0.2) is 26.0 Å². The maximum atomic E-state index is 13.6. The highest BCUT2D eigenvalue weighted by molar-refractivity contribution is 14.1. The number of methoxy groups -OCH3 is 2. The number of nitrogens with one attached hydrogen (secondary N) is 1. The van der Waals surface area contributed by atoms with E-state index in [0.717, 1.165) is 20.3 Å². The molecule has 2 aliphatic rings. The van der Waals surface area contributed by atoms with E-state index >= 15 is 0 Å². The highest BCUT2D eigenvalue weighted by Crippen LogP contribution is 2.48. The van der Waals surface area contributed by atoms with Gasteiger partial charge in [-0.1, -0.05) is 48.0 Å². The van der Waals surface area contributed by atoms with Crippen molar-refractivity contribution >= 4 is 51.6 Å². The number of Topliss-reactive ketones (excluding diaryl/α,β-unsaturated/α-hetero) is 1. The van der Waals surface area contributed by atoms with Crippen LogP contribution in [0.25, 0.3) is 5.70 Å². The zero-order valence-electron chi connectivity index (χ0n) is 20.4. The third-order valence-corrected chi connectivity index (χ3v) is 7.59. The number of hydrogen-bond acceptors (Lipinski definition) is 6. The van der Waals surface area contributed by atoms with Gasteiger partial charge in [-0.25, -0.2) is 4.79 Å². The summed E-state index contributed by atoms with van der Waals surface area (Å²) in [4.78, 5) is 26.6. The summed E-state index contributed by atoms with van der Waals surface area (Å²) in [7, 11) is 2.91. The Morgan fingerprint density at radius 1 is 1.05 bits per heavy atom. The second-order valence-corrected chi connectivity index (χ2v) is 10.3. The van der Waals surface area contributed by atoms with E-state index in [1.807, 2.05) is 61.5 Å². The van der Waals surface area contributed by atoms with Gasteiger partial charge in [0.2, 0.25) is 0 Å². The molecule has 8 heteroatoms. The summed E-state index contributed by atoms with van der Waals surface area (Å²) >= 11 is 8.18. The minimum Gasteiger partial charge on any atom is -0.493 e. The molecule has 1 aliphatic heterocycles. The van der Waals surface area contributed by atoms with E-state index in [-0.39, 0.29) is 5.78 Å². The summed E-state index contributed by atoms with van der Waals surface area (Å²) in [5.41, 5.74) is 5.36. The molecule has 188 valence electrons. The summed E-state index contributed by atoms with van der Waals surface area (Å²) in [6.45, 7) is 2.14. The van der Waals surface area contributed by atoms with Gasteiger partial charge in [0.1, 0.15) is 6.61 Å². The maximum Gasteiger partial charge on any atom is 0.336 e. The van der Waals surface area contributed by atoms with Gasteiger partial charge in [-0.3, -0.25) is 4.79 Å². The third-order valence-electron chi connectivity index (χ3n) is 6.54. The minimum atomic E-state index is -0.642. The topological polar surface area (TPSA) is 73.9 Å². The van der Waals surface area contributed by atoms with Crippen molar-refractivity contribution in [2.24, 2.45) is 0 Å². The van der Waals surface area contributed by atoms with E-state index in [1.54, 1.807) is 13.2 Å². The SMILES string of the molecule is COC(=O)C1=C(C)NC2=C(C(=O)c3ccccc32)[C@@H]1c1cc(I)c(OCc2ccc(Cl)cc2)c(OC)c1. The van der Waals surface area contributed by atoms with Gasteiger partial charge in [0, 0.05) is 33.3 Å². The molecule has 0 saturated carbocycles. The van der Waals surface area contributed by atoms with Gasteiger partial charge in [-0.15, -0.1) is 0 Å². The Kier molecular flexibility index (Phi) is 7.00. The zero-order valence-corrected chi connectivity index (χ0v) is 23.3. The Morgan fingerprint density at radius 3 is 2.43 bits per heavy atom. The van der Waals surface area contributed by atoms with E-state index in [4.69, 9.17) is 25.8 Å². The van der Waals surface area contributed by atoms with Gasteiger partial charge in [0.05, 0.1) is 29.1 Å². The van der Waals surface area contributed by atoms with Crippen LogP contribution in [0.2, 0.25) is 5.02 Å². The zero-order chi connectivity index (χ0) is 26.3. The predicted octanol–water partition coefficient (Wildman–Crippen LogP) is 6.27. The van der Waals surface area contributed by atoms with Crippen molar-refractivity contribution in [2.75, 3.05) is 14.2 Å². The molecule has 0 unspecified atom stereocenters. The molecule has 1 aliphatic carbocycles. The largest absolute Gasteiger partial charge is 0.493 e. The predicted molar refractivity (Wildman–Crippen MR) is 150 cm³/mol. The lowest BCUT2D eigenvalue weighted by Crippen LogP contribution is -2.29. The van der Waals surface area contributed by atoms with Crippen LogP contribution < -0.4 is 14.8 Å². The molecule has 0 spiro atoms. The molecule has 1 atom stereocenters. The summed E-state index contributed by atoms with van der Waals surface area (Å²) in [6, 6.07) is 18.6. The number of fused-ring (bicyclic) bond motifs is 2. The van der Waals surface area contributed by atoms with Crippen LogP contribution in [0.4, 0.5) is 0 Å².